The predicted octanol–water partition coefficient (Wildman–Crippen LogP) is 3.50. The molecular formula is C14H20F3NOS. The van der Waals surface area contributed by atoms with Crippen LogP contribution in [0, 0.1) is 0 Å². The van der Waals surface area contributed by atoms with Gasteiger partial charge in [0.2, 0.25) is 0 Å². The third-order valence-electron chi connectivity index (χ3n) is 2.79. The first-order valence-corrected chi connectivity index (χ1v) is 7.59. The van der Waals surface area contributed by atoms with E-state index in [0.29, 0.717) is 17.2 Å². The lowest BCUT2D eigenvalue weighted by atomic mass is 10.2. The van der Waals surface area contributed by atoms with Crippen LogP contribution in [0.25, 0.3) is 0 Å². The van der Waals surface area contributed by atoms with E-state index >= 15 is 0 Å². The molecule has 0 heterocycles. The van der Waals surface area contributed by atoms with Crippen LogP contribution in [-0.2, 0) is 6.18 Å². The molecule has 6 heteroatoms. The fraction of sp³-hybridized carbons (Fsp3) is 0.571. The van der Waals surface area contributed by atoms with Gasteiger partial charge in [-0.2, -0.15) is 13.2 Å². The second-order valence-corrected chi connectivity index (χ2v) is 5.61. The van der Waals surface area contributed by atoms with Crippen molar-refractivity contribution in [3.05, 3.63) is 29.8 Å². The number of hydrogen-bond acceptors (Lipinski definition) is 3. The van der Waals surface area contributed by atoms with Gasteiger partial charge in [-0.05, 0) is 31.2 Å². The fourth-order valence-corrected chi connectivity index (χ4v) is 2.82. The minimum absolute atomic E-state index is 0.105. The molecule has 0 aliphatic carbocycles. The Kier molecular flexibility index (Phi) is 7.40. The summed E-state index contributed by atoms with van der Waals surface area (Å²) >= 11 is 1.41. The second-order valence-electron chi connectivity index (χ2n) is 4.44. The Hall–Kier alpha value is -0.720. The molecule has 0 aliphatic rings. The minimum atomic E-state index is -4.29. The number of aliphatic hydroxyl groups is 1. The van der Waals surface area contributed by atoms with Crippen LogP contribution in [-0.4, -0.2) is 42.0 Å². The van der Waals surface area contributed by atoms with Crippen LogP contribution in [0.15, 0.2) is 29.2 Å². The van der Waals surface area contributed by atoms with Crippen molar-refractivity contribution in [2.24, 2.45) is 0 Å². The van der Waals surface area contributed by atoms with Crippen molar-refractivity contribution in [2.75, 3.05) is 32.0 Å². The van der Waals surface area contributed by atoms with Crippen LogP contribution in [0.1, 0.15) is 18.9 Å². The third kappa shape index (κ3) is 6.15. The monoisotopic (exact) mass is 307 g/mol. The van der Waals surface area contributed by atoms with Crippen molar-refractivity contribution in [2.45, 2.75) is 24.4 Å². The summed E-state index contributed by atoms with van der Waals surface area (Å²) in [7, 11) is 0. The van der Waals surface area contributed by atoms with Crippen molar-refractivity contribution in [1.82, 2.24) is 4.90 Å². The molecule has 0 fully saturated rings. The van der Waals surface area contributed by atoms with Crippen LogP contribution < -0.4 is 0 Å². The van der Waals surface area contributed by atoms with Gasteiger partial charge in [0.1, 0.15) is 0 Å². The Morgan fingerprint density at radius 3 is 2.55 bits per heavy atom. The molecule has 0 aliphatic heterocycles. The van der Waals surface area contributed by atoms with E-state index < -0.39 is 11.7 Å². The summed E-state index contributed by atoms with van der Waals surface area (Å²) < 4.78 is 37.7. The molecule has 0 radical (unpaired) electrons. The van der Waals surface area contributed by atoms with Gasteiger partial charge >= 0.3 is 6.18 Å². The highest BCUT2D eigenvalue weighted by atomic mass is 32.2. The summed E-state index contributed by atoms with van der Waals surface area (Å²) in [6.45, 7) is 4.43. The van der Waals surface area contributed by atoms with E-state index in [1.165, 1.54) is 23.9 Å². The van der Waals surface area contributed by atoms with Crippen molar-refractivity contribution < 1.29 is 18.3 Å². The fourth-order valence-electron chi connectivity index (χ4n) is 1.85. The highest BCUT2D eigenvalue weighted by Gasteiger charge is 2.30. The number of rotatable bonds is 8. The third-order valence-corrected chi connectivity index (χ3v) is 3.77. The molecule has 20 heavy (non-hydrogen) atoms. The van der Waals surface area contributed by atoms with Gasteiger partial charge in [0.05, 0.1) is 12.2 Å². The molecule has 0 unspecified atom stereocenters. The zero-order valence-corrected chi connectivity index (χ0v) is 12.3. The predicted molar refractivity (Wildman–Crippen MR) is 76.0 cm³/mol. The van der Waals surface area contributed by atoms with E-state index in [9.17, 15) is 13.2 Å². The number of hydrogen-bond donors (Lipinski definition) is 1. The molecule has 114 valence electrons. The molecule has 2 nitrogen and oxygen atoms in total. The lowest BCUT2D eigenvalue weighted by Crippen LogP contribution is -2.29. The van der Waals surface area contributed by atoms with Crippen molar-refractivity contribution >= 4 is 11.8 Å². The smallest absolute Gasteiger partial charge is 0.395 e. The van der Waals surface area contributed by atoms with Crippen molar-refractivity contribution in [3.63, 3.8) is 0 Å². The molecule has 1 N–H and O–H groups in total. The first-order valence-electron chi connectivity index (χ1n) is 6.60. The van der Waals surface area contributed by atoms with Crippen LogP contribution in [0.3, 0.4) is 0 Å². The number of benzene rings is 1. The summed E-state index contributed by atoms with van der Waals surface area (Å²) in [6.07, 6.45) is -3.30. The summed E-state index contributed by atoms with van der Waals surface area (Å²) in [5.74, 6) is 0.710. The van der Waals surface area contributed by atoms with Crippen LogP contribution in [0.4, 0.5) is 13.2 Å². The van der Waals surface area contributed by atoms with E-state index in [0.717, 1.165) is 25.6 Å². The maximum atomic E-state index is 12.6. The molecule has 0 bridgehead atoms. The van der Waals surface area contributed by atoms with Crippen LogP contribution >= 0.6 is 11.8 Å². The standard InChI is InChI=1S/C14H20F3NOS/c1-2-6-18(7-9-19)8-10-20-13-5-3-4-12(11-13)14(15,16)17/h3-5,11,19H,2,6-10H2,1H3. The first kappa shape index (κ1) is 17.3. The average molecular weight is 307 g/mol. The SMILES string of the molecule is CCCN(CCO)CCSc1cccc(C(F)(F)F)c1. The lowest BCUT2D eigenvalue weighted by molar-refractivity contribution is -0.137. The molecule has 0 amide bonds. The molecule has 1 aromatic rings. The zero-order chi connectivity index (χ0) is 15.0. The van der Waals surface area contributed by atoms with Gasteiger partial charge in [0.15, 0.2) is 0 Å². The molecule has 1 aromatic carbocycles. The topological polar surface area (TPSA) is 23.5 Å². The van der Waals surface area contributed by atoms with E-state index in [1.807, 2.05) is 0 Å². The van der Waals surface area contributed by atoms with Gasteiger partial charge < -0.3 is 10.0 Å². The summed E-state index contributed by atoms with van der Waals surface area (Å²) in [4.78, 5) is 2.74. The molecule has 0 saturated heterocycles. The summed E-state index contributed by atoms with van der Waals surface area (Å²) in [5, 5.41) is 8.93. The molecule has 0 saturated carbocycles. The van der Waals surface area contributed by atoms with Crippen molar-refractivity contribution in [3.8, 4) is 0 Å². The lowest BCUT2D eigenvalue weighted by Gasteiger charge is -2.20. The molecular weight excluding hydrogens is 287 g/mol. The first-order chi connectivity index (χ1) is 9.47. The number of thioether (sulfide) groups is 1. The maximum Gasteiger partial charge on any atom is 0.416 e. The Morgan fingerprint density at radius 1 is 1.20 bits per heavy atom. The molecule has 0 aromatic heterocycles. The highest BCUT2D eigenvalue weighted by molar-refractivity contribution is 7.99. The Morgan fingerprint density at radius 2 is 1.95 bits per heavy atom. The zero-order valence-electron chi connectivity index (χ0n) is 11.5. The van der Waals surface area contributed by atoms with E-state index in [-0.39, 0.29) is 6.61 Å². The maximum absolute atomic E-state index is 12.6. The molecule has 1 rings (SSSR count). The highest BCUT2D eigenvalue weighted by Crippen LogP contribution is 2.31. The quantitative estimate of drug-likeness (QED) is 0.744. The number of aliphatic hydroxyl groups excluding tert-OH is 1. The Balaban J connectivity index is 2.49. The Labute approximate surface area is 122 Å². The number of alkyl halides is 3. The minimum Gasteiger partial charge on any atom is -0.395 e. The Bertz CT molecular complexity index is 392. The second kappa shape index (κ2) is 8.54. The average Bonchev–Trinajstić information content (AvgIpc) is 2.38. The summed E-state index contributed by atoms with van der Waals surface area (Å²) in [5.41, 5.74) is -0.608. The number of nitrogens with zero attached hydrogens (tertiary/aromatic N) is 1. The van der Waals surface area contributed by atoms with Crippen LogP contribution in [0.2, 0.25) is 0 Å². The van der Waals surface area contributed by atoms with Gasteiger partial charge in [0.25, 0.3) is 0 Å². The van der Waals surface area contributed by atoms with Gasteiger partial charge in [-0.3, -0.25) is 0 Å². The van der Waals surface area contributed by atoms with E-state index in [1.54, 1.807) is 6.07 Å². The number of halogens is 3. The largest absolute Gasteiger partial charge is 0.416 e. The van der Waals surface area contributed by atoms with Gasteiger partial charge in [0, 0.05) is 23.7 Å². The van der Waals surface area contributed by atoms with Crippen LogP contribution in [0.5, 0.6) is 0 Å². The molecule has 0 spiro atoms. The van der Waals surface area contributed by atoms with Crippen molar-refractivity contribution in [1.29, 1.82) is 0 Å². The normalized spacial score (nSPS) is 12.1. The molecule has 0 atom stereocenters. The van der Waals surface area contributed by atoms with Gasteiger partial charge in [-0.25, -0.2) is 0 Å². The van der Waals surface area contributed by atoms with E-state index in [4.69, 9.17) is 5.11 Å². The van der Waals surface area contributed by atoms with Gasteiger partial charge in [-0.1, -0.05) is 13.0 Å². The summed E-state index contributed by atoms with van der Waals surface area (Å²) in [6, 6.07) is 5.39. The van der Waals surface area contributed by atoms with E-state index in [2.05, 4.69) is 11.8 Å². The van der Waals surface area contributed by atoms with Gasteiger partial charge in [-0.15, -0.1) is 11.8 Å².